The summed E-state index contributed by atoms with van der Waals surface area (Å²) in [7, 11) is -4.55. The van der Waals surface area contributed by atoms with Gasteiger partial charge in [-0.25, -0.2) is 13.2 Å². The largest absolute Gasteiger partial charge is 0.457 e. The van der Waals surface area contributed by atoms with Crippen molar-refractivity contribution in [1.29, 1.82) is 0 Å². The molecule has 1 aliphatic rings. The molecule has 1 fully saturated rings. The lowest BCUT2D eigenvalue weighted by atomic mass is 10.1. The zero-order valence-corrected chi connectivity index (χ0v) is 18.5. The van der Waals surface area contributed by atoms with Gasteiger partial charge in [-0.05, 0) is 35.9 Å². The van der Waals surface area contributed by atoms with E-state index in [4.69, 9.17) is 4.74 Å². The Morgan fingerprint density at radius 3 is 2.32 bits per heavy atom. The van der Waals surface area contributed by atoms with Gasteiger partial charge in [-0.2, -0.15) is 0 Å². The molecule has 7 heteroatoms. The smallest absolute Gasteiger partial charge is 0.340 e. The average molecular weight is 418 g/mol. The molecule has 0 amide bonds. The first kappa shape index (κ1) is 20.6. The highest BCUT2D eigenvalue weighted by Crippen LogP contribution is 2.31. The molecule has 0 aromatic heterocycles. The fraction of sp³-hybridized carbons (Fsp3) is 0.381. The molecular weight excluding hydrogens is 390 g/mol. The molecule has 2 aromatic rings. The van der Waals surface area contributed by atoms with Crippen LogP contribution >= 0.6 is 0 Å². The Labute approximate surface area is 168 Å². The first-order valence-electron chi connectivity index (χ1n) is 9.46. The Morgan fingerprint density at radius 1 is 1.07 bits per heavy atom. The average Bonchev–Trinajstić information content (AvgIpc) is 2.66. The van der Waals surface area contributed by atoms with E-state index in [0.29, 0.717) is 11.3 Å². The van der Waals surface area contributed by atoms with Gasteiger partial charge < -0.3 is 9.64 Å². The highest BCUT2D eigenvalue weighted by molar-refractivity contribution is 7.90. The highest BCUT2D eigenvalue weighted by Gasteiger charge is 2.30. The fourth-order valence-corrected chi connectivity index (χ4v) is 5.97. The third kappa shape index (κ3) is 5.02. The van der Waals surface area contributed by atoms with E-state index in [1.807, 2.05) is 30.3 Å². The number of anilines is 1. The van der Waals surface area contributed by atoms with E-state index in [0.717, 1.165) is 30.7 Å². The van der Waals surface area contributed by atoms with Crippen LogP contribution in [-0.4, -0.2) is 41.8 Å². The van der Waals surface area contributed by atoms with Crippen molar-refractivity contribution in [3.8, 4) is 0 Å². The summed E-state index contributed by atoms with van der Waals surface area (Å²) in [5, 5.41) is 0. The quantitative estimate of drug-likeness (QED) is 0.544. The highest BCUT2D eigenvalue weighted by atomic mass is 32.2. The molecule has 0 spiro atoms. The Balaban J connectivity index is 1.88. The number of hydrogen-bond acceptors (Lipinski definition) is 5. The molecule has 3 rings (SSSR count). The number of carbonyl (C=O) groups excluding carboxylic acids is 1. The van der Waals surface area contributed by atoms with Gasteiger partial charge in [0.05, 0.1) is 24.2 Å². The van der Waals surface area contributed by atoms with E-state index < -0.39 is 23.9 Å². The first-order valence-corrected chi connectivity index (χ1v) is 14.8. The normalized spacial score (nSPS) is 16.6. The second kappa shape index (κ2) is 8.09. The number of nitrogens with zero attached hydrogens (tertiary/aromatic N) is 1. The van der Waals surface area contributed by atoms with Crippen molar-refractivity contribution < 1.29 is 17.9 Å². The first-order chi connectivity index (χ1) is 13.2. The number of sulfone groups is 1. The van der Waals surface area contributed by atoms with Crippen molar-refractivity contribution in [2.24, 2.45) is 0 Å². The number of benzene rings is 2. The van der Waals surface area contributed by atoms with Crippen LogP contribution in [0, 0.1) is 0 Å². The van der Waals surface area contributed by atoms with E-state index in [-0.39, 0.29) is 11.5 Å². The van der Waals surface area contributed by atoms with Gasteiger partial charge in [0.15, 0.2) is 9.84 Å². The van der Waals surface area contributed by atoms with Crippen LogP contribution in [0.25, 0.3) is 0 Å². The van der Waals surface area contributed by atoms with Gasteiger partial charge in [-0.1, -0.05) is 43.4 Å². The molecule has 0 saturated carbocycles. The Morgan fingerprint density at radius 2 is 1.71 bits per heavy atom. The van der Waals surface area contributed by atoms with Crippen LogP contribution in [0.4, 0.5) is 5.69 Å². The van der Waals surface area contributed by atoms with E-state index in [2.05, 4.69) is 18.0 Å². The lowest BCUT2D eigenvalue weighted by Crippen LogP contribution is -2.43. The van der Waals surface area contributed by atoms with E-state index in [9.17, 15) is 13.2 Å². The van der Waals surface area contributed by atoms with Gasteiger partial charge in [-0.3, -0.25) is 0 Å². The van der Waals surface area contributed by atoms with Crippen molar-refractivity contribution >= 4 is 29.6 Å². The van der Waals surface area contributed by atoms with Crippen LogP contribution < -0.4 is 4.90 Å². The second-order valence-corrected chi connectivity index (χ2v) is 15.5. The van der Waals surface area contributed by atoms with Gasteiger partial charge in [0.1, 0.15) is 6.61 Å². The summed E-state index contributed by atoms with van der Waals surface area (Å²) in [4.78, 5) is 15.1. The molecule has 0 bridgehead atoms. The SMILES string of the molecule is C[Si]1(C)CCN(c2cc(S(C)(=O)=O)ccc2C(=O)OCc2ccccc2)CC1. The lowest BCUT2D eigenvalue weighted by molar-refractivity contribution is 0.0473. The van der Waals surface area contributed by atoms with Crippen molar-refractivity contribution in [2.45, 2.75) is 36.7 Å². The van der Waals surface area contributed by atoms with E-state index >= 15 is 0 Å². The number of esters is 1. The lowest BCUT2D eigenvalue weighted by Gasteiger charge is -2.37. The molecule has 2 aromatic carbocycles. The van der Waals surface area contributed by atoms with Gasteiger partial charge in [-0.15, -0.1) is 0 Å². The Kier molecular flexibility index (Phi) is 5.95. The summed E-state index contributed by atoms with van der Waals surface area (Å²) < 4.78 is 29.6. The van der Waals surface area contributed by atoms with Crippen molar-refractivity contribution in [3.63, 3.8) is 0 Å². The van der Waals surface area contributed by atoms with E-state index in [1.54, 1.807) is 12.1 Å². The minimum atomic E-state index is -3.35. The van der Waals surface area contributed by atoms with Crippen LogP contribution in [0.15, 0.2) is 53.4 Å². The summed E-state index contributed by atoms with van der Waals surface area (Å²) in [5.74, 6) is -0.430. The molecule has 0 unspecified atom stereocenters. The van der Waals surface area contributed by atoms with Gasteiger partial charge in [0.2, 0.25) is 0 Å². The fourth-order valence-electron chi connectivity index (χ4n) is 3.33. The molecule has 5 nitrogen and oxygen atoms in total. The maximum atomic E-state index is 12.8. The third-order valence-corrected chi connectivity index (χ3v) is 9.55. The Bertz CT molecular complexity index is 948. The zero-order chi connectivity index (χ0) is 20.4. The molecule has 1 aliphatic heterocycles. The maximum Gasteiger partial charge on any atom is 0.340 e. The number of carbonyl (C=O) groups is 1. The summed E-state index contributed by atoms with van der Waals surface area (Å²) in [6.07, 6.45) is 1.19. The second-order valence-electron chi connectivity index (χ2n) is 8.16. The number of hydrogen-bond donors (Lipinski definition) is 0. The maximum absolute atomic E-state index is 12.8. The standard InChI is InChI=1S/C21H27NO4SSi/c1-27(24,25)18-9-10-19(21(23)26-16-17-7-5-4-6-8-17)20(15-18)22-11-13-28(2,3)14-12-22/h4-10,15H,11-14,16H2,1-3H3. The topological polar surface area (TPSA) is 63.7 Å². The van der Waals surface area contributed by atoms with Crippen LogP contribution in [0.5, 0.6) is 0 Å². The minimum absolute atomic E-state index is 0.187. The summed E-state index contributed by atoms with van der Waals surface area (Å²) >= 11 is 0. The molecular formula is C21H27NO4SSi. The molecule has 0 N–H and O–H groups in total. The molecule has 0 atom stereocenters. The van der Waals surface area contributed by atoms with Crippen molar-refractivity contribution in [1.82, 2.24) is 0 Å². The van der Waals surface area contributed by atoms with Crippen LogP contribution in [-0.2, 0) is 21.2 Å². The van der Waals surface area contributed by atoms with Crippen LogP contribution in [0.3, 0.4) is 0 Å². The summed E-state index contributed by atoms with van der Waals surface area (Å²) in [5.41, 5.74) is 1.99. The Hall–Kier alpha value is -2.12. The zero-order valence-electron chi connectivity index (χ0n) is 16.6. The molecule has 1 saturated heterocycles. The molecule has 150 valence electrons. The van der Waals surface area contributed by atoms with Crippen molar-refractivity contribution in [2.75, 3.05) is 24.2 Å². The molecule has 1 heterocycles. The molecule has 0 aliphatic carbocycles. The van der Waals surface area contributed by atoms with Crippen LogP contribution in [0.2, 0.25) is 25.2 Å². The predicted octanol–water partition coefficient (Wildman–Crippen LogP) is 3.98. The van der Waals surface area contributed by atoms with E-state index in [1.165, 1.54) is 12.3 Å². The monoisotopic (exact) mass is 417 g/mol. The van der Waals surface area contributed by atoms with Gasteiger partial charge in [0, 0.05) is 19.3 Å². The molecule has 28 heavy (non-hydrogen) atoms. The number of ether oxygens (including phenoxy) is 1. The van der Waals surface area contributed by atoms with Crippen LogP contribution in [0.1, 0.15) is 15.9 Å². The van der Waals surface area contributed by atoms with Gasteiger partial charge in [0.25, 0.3) is 0 Å². The van der Waals surface area contributed by atoms with Crippen molar-refractivity contribution in [3.05, 3.63) is 59.7 Å². The predicted molar refractivity (Wildman–Crippen MR) is 114 cm³/mol. The summed E-state index contributed by atoms with van der Waals surface area (Å²) in [6.45, 7) is 6.60. The number of rotatable bonds is 5. The summed E-state index contributed by atoms with van der Waals surface area (Å²) in [6, 6.07) is 16.4. The minimum Gasteiger partial charge on any atom is -0.457 e. The van der Waals surface area contributed by atoms with Gasteiger partial charge >= 0.3 is 5.97 Å². The molecule has 0 radical (unpaired) electrons. The third-order valence-electron chi connectivity index (χ3n) is 5.29.